The van der Waals surface area contributed by atoms with Crippen LogP contribution >= 0.6 is 35.0 Å². The van der Waals surface area contributed by atoms with Crippen molar-refractivity contribution in [2.24, 2.45) is 0 Å². The third-order valence-corrected chi connectivity index (χ3v) is 6.91. The second-order valence-electron chi connectivity index (χ2n) is 8.46. The van der Waals surface area contributed by atoms with Crippen LogP contribution in [0.5, 0.6) is 5.75 Å². The zero-order valence-corrected chi connectivity index (χ0v) is 22.4. The van der Waals surface area contributed by atoms with Gasteiger partial charge < -0.3 is 10.1 Å². The predicted octanol–water partition coefficient (Wildman–Crippen LogP) is 7.57. The molecular formula is C27H26Cl2N4O2S. The van der Waals surface area contributed by atoms with Crippen LogP contribution in [0.2, 0.25) is 10.0 Å². The van der Waals surface area contributed by atoms with Crippen LogP contribution in [-0.4, -0.2) is 26.4 Å². The Kier molecular flexibility index (Phi) is 8.56. The minimum absolute atomic E-state index is 0.121. The van der Waals surface area contributed by atoms with Crippen LogP contribution in [-0.2, 0) is 4.79 Å². The summed E-state index contributed by atoms with van der Waals surface area (Å²) in [5, 5.41) is 13.1. The van der Waals surface area contributed by atoms with E-state index in [9.17, 15) is 4.79 Å². The summed E-state index contributed by atoms with van der Waals surface area (Å²) in [4.78, 5) is 12.6. The number of rotatable bonds is 9. The van der Waals surface area contributed by atoms with Crippen LogP contribution in [0.1, 0.15) is 44.2 Å². The fourth-order valence-electron chi connectivity index (χ4n) is 3.55. The van der Waals surface area contributed by atoms with E-state index in [0.29, 0.717) is 32.6 Å². The number of hydrogen-bond donors (Lipinski definition) is 1. The topological polar surface area (TPSA) is 69.0 Å². The molecule has 186 valence electrons. The van der Waals surface area contributed by atoms with Gasteiger partial charge in [0.25, 0.3) is 0 Å². The van der Waals surface area contributed by atoms with E-state index in [2.05, 4.69) is 41.5 Å². The lowest BCUT2D eigenvalue weighted by Crippen LogP contribution is -2.15. The van der Waals surface area contributed by atoms with Gasteiger partial charge in [-0.05, 0) is 60.9 Å². The van der Waals surface area contributed by atoms with Gasteiger partial charge in [-0.1, -0.05) is 79.1 Å². The van der Waals surface area contributed by atoms with Crippen molar-refractivity contribution < 1.29 is 9.53 Å². The molecule has 0 aliphatic carbocycles. The van der Waals surface area contributed by atoms with E-state index >= 15 is 0 Å². The molecule has 1 heterocycles. The first-order valence-electron chi connectivity index (χ1n) is 11.5. The van der Waals surface area contributed by atoms with E-state index in [0.717, 1.165) is 11.4 Å². The number of amides is 1. The molecule has 0 fully saturated rings. The largest absolute Gasteiger partial charge is 0.483 e. The number of ether oxygens (including phenoxy) is 1. The molecule has 4 aromatic rings. The van der Waals surface area contributed by atoms with E-state index in [-0.39, 0.29) is 17.8 Å². The first-order valence-corrected chi connectivity index (χ1v) is 13.2. The standard InChI is InChI=1S/C27H26Cl2N4O2S/c1-17(2)19-9-12-22(13-10-19)35-18(3)26-31-32-27(33(26)21-7-5-4-6-8-21)36-16-25(34)30-24-14-11-20(28)15-23(24)29/h4-15,17-18H,16H2,1-3H3,(H,30,34). The number of carbonyl (C=O) groups excluding carboxylic acids is 1. The van der Waals surface area contributed by atoms with Gasteiger partial charge in [-0.25, -0.2) is 0 Å². The van der Waals surface area contributed by atoms with Crippen LogP contribution < -0.4 is 10.1 Å². The van der Waals surface area contributed by atoms with Gasteiger partial charge in [-0.2, -0.15) is 0 Å². The Morgan fingerprint density at radius 3 is 2.39 bits per heavy atom. The molecule has 0 saturated heterocycles. The minimum atomic E-state index is -0.376. The Labute approximate surface area is 225 Å². The second kappa shape index (κ2) is 11.8. The molecular weight excluding hydrogens is 515 g/mol. The molecule has 3 aromatic carbocycles. The molecule has 1 unspecified atom stereocenters. The molecule has 0 bridgehead atoms. The normalized spacial score (nSPS) is 11.9. The summed E-state index contributed by atoms with van der Waals surface area (Å²) in [6.07, 6.45) is -0.376. The molecule has 0 spiro atoms. The highest BCUT2D eigenvalue weighted by atomic mass is 35.5. The van der Waals surface area contributed by atoms with Gasteiger partial charge in [0.1, 0.15) is 5.75 Å². The number of aromatic nitrogens is 3. The molecule has 0 radical (unpaired) electrons. The fourth-order valence-corrected chi connectivity index (χ4v) is 4.77. The number of halogens is 2. The molecule has 1 amide bonds. The van der Waals surface area contributed by atoms with E-state index < -0.39 is 0 Å². The molecule has 1 aromatic heterocycles. The van der Waals surface area contributed by atoms with Gasteiger partial charge in [-0.15, -0.1) is 10.2 Å². The lowest BCUT2D eigenvalue weighted by molar-refractivity contribution is -0.113. The quantitative estimate of drug-likeness (QED) is 0.221. The van der Waals surface area contributed by atoms with Gasteiger partial charge in [0.2, 0.25) is 5.91 Å². The van der Waals surface area contributed by atoms with Crippen molar-refractivity contribution in [1.29, 1.82) is 0 Å². The van der Waals surface area contributed by atoms with E-state index in [4.69, 9.17) is 27.9 Å². The zero-order chi connectivity index (χ0) is 25.7. The molecule has 0 aliphatic rings. The molecule has 9 heteroatoms. The van der Waals surface area contributed by atoms with Gasteiger partial charge in [0, 0.05) is 10.7 Å². The Bertz CT molecular complexity index is 1330. The van der Waals surface area contributed by atoms with Crippen molar-refractivity contribution in [2.45, 2.75) is 37.9 Å². The zero-order valence-electron chi connectivity index (χ0n) is 20.1. The lowest BCUT2D eigenvalue weighted by Gasteiger charge is -2.17. The predicted molar refractivity (Wildman–Crippen MR) is 147 cm³/mol. The number of benzene rings is 3. The smallest absolute Gasteiger partial charge is 0.234 e. The summed E-state index contributed by atoms with van der Waals surface area (Å²) in [6, 6.07) is 22.8. The monoisotopic (exact) mass is 540 g/mol. The third-order valence-electron chi connectivity index (χ3n) is 5.43. The highest BCUT2D eigenvalue weighted by molar-refractivity contribution is 7.99. The van der Waals surface area contributed by atoms with Crippen LogP contribution in [0.15, 0.2) is 78.0 Å². The highest BCUT2D eigenvalue weighted by Gasteiger charge is 2.22. The van der Waals surface area contributed by atoms with E-state index in [1.165, 1.54) is 17.3 Å². The maximum absolute atomic E-state index is 12.6. The average Bonchev–Trinajstić information content (AvgIpc) is 3.29. The lowest BCUT2D eigenvalue weighted by atomic mass is 10.0. The van der Waals surface area contributed by atoms with Crippen molar-refractivity contribution >= 4 is 46.6 Å². The molecule has 6 nitrogen and oxygen atoms in total. The Morgan fingerprint density at radius 1 is 1.00 bits per heavy atom. The van der Waals surface area contributed by atoms with Crippen LogP contribution in [0.4, 0.5) is 5.69 Å². The Morgan fingerprint density at radius 2 is 1.72 bits per heavy atom. The number of thioether (sulfide) groups is 1. The average molecular weight is 542 g/mol. The highest BCUT2D eigenvalue weighted by Crippen LogP contribution is 2.29. The molecule has 1 N–H and O–H groups in total. The van der Waals surface area contributed by atoms with Crippen molar-refractivity contribution in [3.63, 3.8) is 0 Å². The SMILES string of the molecule is CC(C)c1ccc(OC(C)c2nnc(SCC(=O)Nc3ccc(Cl)cc3Cl)n2-c2ccccc2)cc1. The second-order valence-corrected chi connectivity index (χ2v) is 10.2. The summed E-state index contributed by atoms with van der Waals surface area (Å²) in [7, 11) is 0. The molecule has 0 aliphatic heterocycles. The van der Waals surface area contributed by atoms with E-state index in [1.807, 2.05) is 54.0 Å². The van der Waals surface area contributed by atoms with Crippen molar-refractivity contribution in [3.8, 4) is 11.4 Å². The van der Waals surface area contributed by atoms with Crippen LogP contribution in [0.25, 0.3) is 5.69 Å². The molecule has 1 atom stereocenters. The summed E-state index contributed by atoms with van der Waals surface area (Å²) in [5.41, 5.74) is 2.63. The first kappa shape index (κ1) is 26.1. The number of anilines is 1. The number of para-hydroxylation sites is 1. The molecule has 36 heavy (non-hydrogen) atoms. The molecule has 0 saturated carbocycles. The van der Waals surface area contributed by atoms with Gasteiger partial charge in [0.15, 0.2) is 17.1 Å². The summed E-state index contributed by atoms with van der Waals surface area (Å²) < 4.78 is 8.12. The third kappa shape index (κ3) is 6.40. The van der Waals surface area contributed by atoms with Gasteiger partial charge in [0.05, 0.1) is 16.5 Å². The maximum Gasteiger partial charge on any atom is 0.234 e. The van der Waals surface area contributed by atoms with Crippen LogP contribution in [0.3, 0.4) is 0 Å². The number of nitrogens with one attached hydrogen (secondary N) is 1. The first-order chi connectivity index (χ1) is 17.3. The fraction of sp³-hybridized carbons (Fsp3) is 0.222. The minimum Gasteiger partial charge on any atom is -0.483 e. The summed E-state index contributed by atoms with van der Waals surface area (Å²) in [5.74, 6) is 1.74. The van der Waals surface area contributed by atoms with E-state index in [1.54, 1.807) is 18.2 Å². The number of hydrogen-bond acceptors (Lipinski definition) is 5. The van der Waals surface area contributed by atoms with Crippen molar-refractivity contribution in [2.75, 3.05) is 11.1 Å². The number of nitrogens with zero attached hydrogens (tertiary/aromatic N) is 3. The summed E-state index contributed by atoms with van der Waals surface area (Å²) in [6.45, 7) is 6.25. The van der Waals surface area contributed by atoms with Crippen molar-refractivity contribution in [1.82, 2.24) is 14.8 Å². The number of carbonyl (C=O) groups is 1. The molecule has 4 rings (SSSR count). The van der Waals surface area contributed by atoms with Gasteiger partial charge in [-0.3, -0.25) is 9.36 Å². The maximum atomic E-state index is 12.6. The van der Waals surface area contributed by atoms with Crippen molar-refractivity contribution in [3.05, 3.63) is 94.2 Å². The van der Waals surface area contributed by atoms with Crippen LogP contribution in [0, 0.1) is 0 Å². The van der Waals surface area contributed by atoms with Gasteiger partial charge >= 0.3 is 0 Å². The summed E-state index contributed by atoms with van der Waals surface area (Å²) >= 11 is 13.4. The Balaban J connectivity index is 1.52. The Hall–Kier alpha value is -3.00.